The van der Waals surface area contributed by atoms with Crippen LogP contribution in [0.4, 0.5) is 10.1 Å². The third kappa shape index (κ3) is 4.98. The molecule has 2 aromatic carbocycles. The van der Waals surface area contributed by atoms with E-state index in [9.17, 15) is 9.18 Å². The smallest absolute Gasteiger partial charge is 0.224 e. The minimum atomic E-state index is -0.310. The number of hydrogen-bond acceptors (Lipinski definition) is 5. The number of hydrogen-bond donors (Lipinski definition) is 3. The number of halogens is 1. The molecule has 8 nitrogen and oxygen atoms in total. The highest BCUT2D eigenvalue weighted by Crippen LogP contribution is 2.33. The van der Waals surface area contributed by atoms with E-state index < -0.39 is 0 Å². The SMILES string of the molecule is CC(C)(C)CC(=O)Nc1cncc(-c2ccc3[nH]nc(-c4nc5nccc(-c6cccc(F)c6)c5[nH]4)c3c2)c1. The zero-order valence-corrected chi connectivity index (χ0v) is 21.7. The average Bonchev–Trinajstić information content (AvgIpc) is 3.51. The predicted molar refractivity (Wildman–Crippen MR) is 150 cm³/mol. The van der Waals surface area contributed by atoms with Gasteiger partial charge in [-0.25, -0.2) is 14.4 Å². The van der Waals surface area contributed by atoms with Crippen LogP contribution in [0.1, 0.15) is 27.2 Å². The lowest BCUT2D eigenvalue weighted by molar-refractivity contribution is -0.117. The van der Waals surface area contributed by atoms with Gasteiger partial charge in [0.25, 0.3) is 0 Å². The van der Waals surface area contributed by atoms with Crippen molar-refractivity contribution in [3.8, 4) is 33.8 Å². The van der Waals surface area contributed by atoms with Gasteiger partial charge < -0.3 is 10.3 Å². The monoisotopic (exact) mass is 519 g/mol. The van der Waals surface area contributed by atoms with Gasteiger partial charge in [-0.05, 0) is 52.9 Å². The molecule has 0 atom stereocenters. The van der Waals surface area contributed by atoms with Crippen molar-refractivity contribution in [1.82, 2.24) is 30.1 Å². The molecule has 0 unspecified atom stereocenters. The van der Waals surface area contributed by atoms with E-state index in [1.807, 2.05) is 57.2 Å². The van der Waals surface area contributed by atoms with Crippen LogP contribution >= 0.6 is 0 Å². The Balaban J connectivity index is 1.37. The summed E-state index contributed by atoms with van der Waals surface area (Å²) in [4.78, 5) is 29.2. The Morgan fingerprint density at radius 3 is 2.69 bits per heavy atom. The van der Waals surface area contributed by atoms with Gasteiger partial charge in [0.15, 0.2) is 11.5 Å². The van der Waals surface area contributed by atoms with Gasteiger partial charge in [0.1, 0.15) is 11.5 Å². The minimum absolute atomic E-state index is 0.0508. The standard InChI is InChI=1S/C30H26FN7O/c1-30(2,3)14-25(39)34-21-12-19(15-32-16-21)17-7-8-24-23(13-17)27(38-37-24)29-35-26-22(9-10-33-28(26)36-29)18-5-4-6-20(31)11-18/h4-13,15-16H,14H2,1-3H3,(H,34,39)(H,37,38)(H,33,35,36). The largest absolute Gasteiger partial charge is 0.335 e. The van der Waals surface area contributed by atoms with Crippen molar-refractivity contribution in [2.45, 2.75) is 27.2 Å². The Hall–Kier alpha value is -4.92. The number of amides is 1. The van der Waals surface area contributed by atoms with Gasteiger partial charge in [-0.15, -0.1) is 0 Å². The molecule has 0 aliphatic carbocycles. The number of aromatic amines is 2. The molecule has 0 aliphatic heterocycles. The molecule has 3 N–H and O–H groups in total. The lowest BCUT2D eigenvalue weighted by Crippen LogP contribution is -2.19. The number of nitrogens with zero attached hydrogens (tertiary/aromatic N) is 4. The van der Waals surface area contributed by atoms with Crippen molar-refractivity contribution in [2.75, 3.05) is 5.32 Å². The van der Waals surface area contributed by atoms with Crippen molar-refractivity contribution in [2.24, 2.45) is 5.41 Å². The third-order valence-electron chi connectivity index (χ3n) is 6.36. The molecule has 194 valence electrons. The number of fused-ring (bicyclic) bond motifs is 2. The Morgan fingerprint density at radius 1 is 1.00 bits per heavy atom. The summed E-state index contributed by atoms with van der Waals surface area (Å²) in [6.45, 7) is 6.08. The molecule has 0 radical (unpaired) electrons. The van der Waals surface area contributed by atoms with E-state index in [2.05, 4.69) is 35.5 Å². The Morgan fingerprint density at radius 2 is 1.87 bits per heavy atom. The van der Waals surface area contributed by atoms with Gasteiger partial charge >= 0.3 is 0 Å². The molecular weight excluding hydrogens is 493 g/mol. The van der Waals surface area contributed by atoms with Crippen molar-refractivity contribution in [3.63, 3.8) is 0 Å². The highest BCUT2D eigenvalue weighted by Gasteiger charge is 2.18. The fraction of sp³-hybridized carbons (Fsp3) is 0.167. The van der Waals surface area contributed by atoms with Gasteiger partial charge in [0.2, 0.25) is 5.91 Å². The summed E-state index contributed by atoms with van der Waals surface area (Å²) in [7, 11) is 0. The summed E-state index contributed by atoms with van der Waals surface area (Å²) in [5.41, 5.74) is 6.54. The van der Waals surface area contributed by atoms with Gasteiger partial charge in [0.05, 0.1) is 22.9 Å². The molecule has 0 spiro atoms. The lowest BCUT2D eigenvalue weighted by atomic mass is 9.92. The fourth-order valence-corrected chi connectivity index (χ4v) is 4.65. The molecular formula is C30H26FN7O. The van der Waals surface area contributed by atoms with E-state index >= 15 is 0 Å². The zero-order chi connectivity index (χ0) is 27.1. The molecule has 6 rings (SSSR count). The van der Waals surface area contributed by atoms with Gasteiger partial charge in [-0.1, -0.05) is 39.0 Å². The maximum absolute atomic E-state index is 13.9. The molecule has 4 heterocycles. The van der Waals surface area contributed by atoms with Crippen molar-refractivity contribution in [3.05, 3.63) is 79.0 Å². The first-order chi connectivity index (χ1) is 18.7. The molecule has 0 bridgehead atoms. The van der Waals surface area contributed by atoms with Crippen molar-refractivity contribution < 1.29 is 9.18 Å². The Kier molecular flexibility index (Phi) is 5.91. The van der Waals surface area contributed by atoms with Gasteiger partial charge in [-0.3, -0.25) is 14.9 Å². The minimum Gasteiger partial charge on any atom is -0.335 e. The highest BCUT2D eigenvalue weighted by molar-refractivity contribution is 5.98. The van der Waals surface area contributed by atoms with Crippen molar-refractivity contribution >= 4 is 33.7 Å². The number of nitrogens with one attached hydrogen (secondary N) is 3. The number of rotatable bonds is 5. The Labute approximate surface area is 223 Å². The molecule has 9 heteroatoms. The topological polar surface area (TPSA) is 112 Å². The van der Waals surface area contributed by atoms with Crippen molar-refractivity contribution in [1.29, 1.82) is 0 Å². The molecule has 39 heavy (non-hydrogen) atoms. The number of pyridine rings is 2. The summed E-state index contributed by atoms with van der Waals surface area (Å²) in [5.74, 6) is 0.187. The molecule has 0 fully saturated rings. The van der Waals surface area contributed by atoms with E-state index in [4.69, 9.17) is 0 Å². The van der Waals surface area contributed by atoms with Crippen LogP contribution in [-0.4, -0.2) is 36.0 Å². The maximum atomic E-state index is 13.9. The second-order valence-electron chi connectivity index (χ2n) is 10.7. The molecule has 0 saturated carbocycles. The summed E-state index contributed by atoms with van der Waals surface area (Å²) in [5, 5.41) is 11.4. The van der Waals surface area contributed by atoms with E-state index in [1.165, 1.54) is 12.1 Å². The summed E-state index contributed by atoms with van der Waals surface area (Å²) < 4.78 is 13.9. The van der Waals surface area contributed by atoms with E-state index in [0.29, 0.717) is 34.8 Å². The number of imidazole rings is 1. The average molecular weight is 520 g/mol. The quantitative estimate of drug-likeness (QED) is 0.233. The zero-order valence-electron chi connectivity index (χ0n) is 21.7. The molecule has 4 aromatic heterocycles. The molecule has 0 saturated heterocycles. The highest BCUT2D eigenvalue weighted by atomic mass is 19.1. The van der Waals surface area contributed by atoms with E-state index in [-0.39, 0.29) is 17.1 Å². The predicted octanol–water partition coefficient (Wildman–Crippen LogP) is 6.74. The first-order valence-electron chi connectivity index (χ1n) is 12.6. The second-order valence-corrected chi connectivity index (χ2v) is 10.7. The van der Waals surface area contributed by atoms with Gasteiger partial charge in [-0.2, -0.15) is 5.10 Å². The van der Waals surface area contributed by atoms with Gasteiger partial charge in [0, 0.05) is 35.3 Å². The van der Waals surface area contributed by atoms with Crippen LogP contribution in [0.2, 0.25) is 0 Å². The molecule has 0 aliphatic rings. The van der Waals surface area contributed by atoms with Crippen LogP contribution in [0.5, 0.6) is 0 Å². The van der Waals surface area contributed by atoms with Crippen LogP contribution in [0.15, 0.2) is 73.2 Å². The number of carbonyl (C=O) groups excluding carboxylic acids is 1. The van der Waals surface area contributed by atoms with Crippen LogP contribution < -0.4 is 5.32 Å². The molecule has 6 aromatic rings. The Bertz CT molecular complexity index is 1850. The second kappa shape index (κ2) is 9.43. The molecule has 1 amide bonds. The maximum Gasteiger partial charge on any atom is 0.224 e. The first kappa shape index (κ1) is 24.4. The summed E-state index contributed by atoms with van der Waals surface area (Å²) in [6, 6.07) is 16.1. The first-order valence-corrected chi connectivity index (χ1v) is 12.6. The number of carbonyl (C=O) groups is 1. The number of H-pyrrole nitrogens is 2. The number of anilines is 1. The normalized spacial score (nSPS) is 11.8. The van der Waals surface area contributed by atoms with Crippen LogP contribution in [0, 0.1) is 11.2 Å². The van der Waals surface area contributed by atoms with E-state index in [1.54, 1.807) is 24.7 Å². The van der Waals surface area contributed by atoms with Crippen LogP contribution in [0.25, 0.3) is 55.8 Å². The number of benzene rings is 2. The summed E-state index contributed by atoms with van der Waals surface area (Å²) in [6.07, 6.45) is 5.48. The van der Waals surface area contributed by atoms with Crippen LogP contribution in [-0.2, 0) is 4.79 Å². The van der Waals surface area contributed by atoms with Crippen LogP contribution in [0.3, 0.4) is 0 Å². The van der Waals surface area contributed by atoms with E-state index in [0.717, 1.165) is 33.2 Å². The lowest BCUT2D eigenvalue weighted by Gasteiger charge is -2.17. The summed E-state index contributed by atoms with van der Waals surface area (Å²) >= 11 is 0. The number of aromatic nitrogens is 6. The third-order valence-corrected chi connectivity index (χ3v) is 6.36. The fourth-order valence-electron chi connectivity index (χ4n) is 4.65.